The van der Waals surface area contributed by atoms with Crippen LogP contribution >= 0.6 is 0 Å². The van der Waals surface area contributed by atoms with Gasteiger partial charge in [0.2, 0.25) is 0 Å². The van der Waals surface area contributed by atoms with E-state index < -0.39 is 5.91 Å². The Labute approximate surface area is 78.8 Å². The zero-order chi connectivity index (χ0) is 6.41. The first-order valence-electron chi connectivity index (χ1n) is 2.02. The monoisotopic (exact) mass is 200 g/mol. The molecule has 9 heavy (non-hydrogen) atoms. The molecule has 0 aromatic heterocycles. The Morgan fingerprint density at radius 3 is 2.56 bits per heavy atom. The van der Waals surface area contributed by atoms with E-state index >= 15 is 0 Å². The number of carbonyl (C=O) groups excluding carboxylic acids is 2. The van der Waals surface area contributed by atoms with Crippen LogP contribution in [0.4, 0.5) is 0 Å². The first-order chi connectivity index (χ1) is 3.81. The smallest absolute Gasteiger partial charge is 0.0694 e. The summed E-state index contributed by atoms with van der Waals surface area (Å²) in [4.78, 5) is 19.5. The largest absolute Gasteiger partial charge is 0.517 e. The minimum atomic E-state index is -0.567. The summed E-state index contributed by atoms with van der Waals surface area (Å²) in [6, 6.07) is 0. The third kappa shape index (κ3) is 7.98. The fourth-order valence-electron chi connectivity index (χ4n) is 0.214. The maximum atomic E-state index is 10.1. The van der Waals surface area contributed by atoms with E-state index in [-0.39, 0.29) is 32.7 Å². The average molecular weight is 200 g/mol. The van der Waals surface area contributed by atoms with Crippen LogP contribution in [0.5, 0.6) is 0 Å². The summed E-state index contributed by atoms with van der Waals surface area (Å²) in [6.07, 6.45) is 4.84. The molecular weight excluding hydrogens is 195 g/mol. The van der Waals surface area contributed by atoms with Crippen molar-refractivity contribution in [2.24, 2.45) is 0 Å². The summed E-state index contributed by atoms with van der Waals surface area (Å²) < 4.78 is 0. The summed E-state index contributed by atoms with van der Waals surface area (Å²) in [5, 5.41) is 1.76. The number of amides is 2. The van der Waals surface area contributed by atoms with E-state index in [1.54, 1.807) is 12.2 Å². The van der Waals surface area contributed by atoms with Gasteiger partial charge in [0.1, 0.15) is 0 Å². The average Bonchev–Trinajstić information content (AvgIpc) is 1.68. The summed E-state index contributed by atoms with van der Waals surface area (Å²) in [5.74, 6) is -0.567. The number of hydrogen-bond donors (Lipinski definition) is 1. The summed E-state index contributed by atoms with van der Waals surface area (Å²) in [5.41, 5.74) is 0. The Morgan fingerprint density at radius 1 is 1.67 bits per heavy atom. The van der Waals surface area contributed by atoms with Crippen LogP contribution in [0.3, 0.4) is 0 Å². The minimum absolute atomic E-state index is 0. The second-order valence-electron chi connectivity index (χ2n) is 0.989. The number of imide groups is 1. The molecule has 4 heteroatoms. The summed E-state index contributed by atoms with van der Waals surface area (Å²) >= 11 is 0. The van der Waals surface area contributed by atoms with Crippen molar-refractivity contribution in [3.05, 3.63) is 12.2 Å². The minimum Gasteiger partial charge on any atom is -0.517 e. The fourth-order valence-corrected chi connectivity index (χ4v) is 0.214. The molecule has 0 rings (SSSR count). The predicted octanol–water partition coefficient (Wildman–Crippen LogP) is -0.453. The molecule has 0 aromatic rings. The zero-order valence-electron chi connectivity index (χ0n) is 4.97. The zero-order valence-corrected chi connectivity index (χ0v) is 7.81. The van der Waals surface area contributed by atoms with Crippen LogP contribution in [0, 0.1) is 6.08 Å². The molecule has 0 saturated heterocycles. The number of hydrogen-bond acceptors (Lipinski definition) is 2. The third-order valence-electron chi connectivity index (χ3n) is 0.440. The van der Waals surface area contributed by atoms with Gasteiger partial charge in [0, 0.05) is 32.7 Å². The maximum Gasteiger partial charge on any atom is 0.0694 e. The number of allylic oxidation sites excluding steroid dienone is 1. The van der Waals surface area contributed by atoms with E-state index in [0.29, 0.717) is 0 Å². The van der Waals surface area contributed by atoms with Crippen molar-refractivity contribution >= 4 is 12.3 Å². The van der Waals surface area contributed by atoms with Crippen LogP contribution in [0.15, 0.2) is 6.08 Å². The fraction of sp³-hybridized carbons (Fsp3) is 0.200. The van der Waals surface area contributed by atoms with E-state index in [2.05, 4.69) is 6.08 Å². The van der Waals surface area contributed by atoms with Crippen molar-refractivity contribution in [1.82, 2.24) is 5.32 Å². The van der Waals surface area contributed by atoms with Crippen LogP contribution in [-0.2, 0) is 42.3 Å². The van der Waals surface area contributed by atoms with Crippen molar-refractivity contribution in [1.29, 1.82) is 0 Å². The van der Waals surface area contributed by atoms with Crippen molar-refractivity contribution in [2.45, 2.75) is 6.92 Å². The first-order valence-corrected chi connectivity index (χ1v) is 2.02. The van der Waals surface area contributed by atoms with Crippen LogP contribution in [0.25, 0.3) is 0 Å². The van der Waals surface area contributed by atoms with Crippen molar-refractivity contribution in [3.63, 3.8) is 0 Å². The topological polar surface area (TPSA) is 46.2 Å². The van der Waals surface area contributed by atoms with Gasteiger partial charge in [0.05, 0.1) is 6.41 Å². The molecule has 0 atom stereocenters. The van der Waals surface area contributed by atoms with Crippen molar-refractivity contribution in [2.75, 3.05) is 0 Å². The molecule has 3 nitrogen and oxygen atoms in total. The van der Waals surface area contributed by atoms with Gasteiger partial charge in [0.25, 0.3) is 0 Å². The molecule has 0 bridgehead atoms. The molecule has 0 heterocycles. The Balaban J connectivity index is 0. The Kier molecular flexibility index (Phi) is 10.4. The number of carbonyl (C=O) groups is 1. The van der Waals surface area contributed by atoms with E-state index in [4.69, 9.17) is 0 Å². The van der Waals surface area contributed by atoms with Gasteiger partial charge in [-0.3, -0.25) is 6.08 Å². The van der Waals surface area contributed by atoms with Gasteiger partial charge in [-0.25, -0.2) is 0 Å². The molecule has 1 radical (unpaired) electrons. The number of nitrogens with one attached hydrogen (secondary N) is 1. The molecule has 0 aliphatic carbocycles. The van der Waals surface area contributed by atoms with Gasteiger partial charge >= 0.3 is 0 Å². The van der Waals surface area contributed by atoms with Crippen LogP contribution in [0.1, 0.15) is 6.92 Å². The maximum absolute atomic E-state index is 10.1. The molecule has 0 saturated carbocycles. The SMILES string of the molecule is CC=[C-]C(=O)N[C-]=O.[Y]. The molecule has 0 unspecified atom stereocenters. The van der Waals surface area contributed by atoms with Crippen molar-refractivity contribution < 1.29 is 42.3 Å². The molecule has 47 valence electrons. The molecule has 0 aliphatic rings. The second kappa shape index (κ2) is 7.98. The van der Waals surface area contributed by atoms with E-state index in [1.165, 1.54) is 12.5 Å². The van der Waals surface area contributed by atoms with E-state index in [1.807, 2.05) is 0 Å². The normalized spacial score (nSPS) is 8.11. The van der Waals surface area contributed by atoms with Gasteiger partial charge in [-0.15, -0.1) is 0 Å². The Bertz CT molecular complexity index is 122. The third-order valence-corrected chi connectivity index (χ3v) is 0.440. The van der Waals surface area contributed by atoms with Crippen LogP contribution in [0.2, 0.25) is 0 Å². The van der Waals surface area contributed by atoms with Gasteiger partial charge in [-0.1, -0.05) is 12.8 Å². The van der Waals surface area contributed by atoms with Gasteiger partial charge < -0.3 is 21.0 Å². The predicted molar refractivity (Wildman–Crippen MR) is 27.3 cm³/mol. The van der Waals surface area contributed by atoms with Gasteiger partial charge in [-0.05, 0) is 0 Å². The van der Waals surface area contributed by atoms with E-state index in [9.17, 15) is 9.59 Å². The standard InChI is InChI=1S/C5H5NO2.Y/c1-2-3-5(8)6-4-7;/h2H,1H3,(H,6,7,8);/q-2;. The van der Waals surface area contributed by atoms with Crippen LogP contribution in [-0.4, -0.2) is 12.3 Å². The Hall–Kier alpha value is -0.0161. The molecule has 0 spiro atoms. The first kappa shape index (κ1) is 11.7. The van der Waals surface area contributed by atoms with Gasteiger partial charge in [-0.2, -0.15) is 0 Å². The van der Waals surface area contributed by atoms with Crippen LogP contribution < -0.4 is 5.32 Å². The summed E-state index contributed by atoms with van der Waals surface area (Å²) in [7, 11) is 0. The molecule has 0 aliphatic heterocycles. The second-order valence-corrected chi connectivity index (χ2v) is 0.989. The van der Waals surface area contributed by atoms with Crippen molar-refractivity contribution in [3.8, 4) is 0 Å². The quantitative estimate of drug-likeness (QED) is 0.372. The molecule has 2 amide bonds. The molecule has 1 N–H and O–H groups in total. The molecule has 0 fully saturated rings. The van der Waals surface area contributed by atoms with E-state index in [0.717, 1.165) is 0 Å². The molecule has 0 aromatic carbocycles. The van der Waals surface area contributed by atoms with Gasteiger partial charge in [0.15, 0.2) is 0 Å². The Morgan fingerprint density at radius 2 is 2.22 bits per heavy atom. The number of rotatable bonds is 2. The summed E-state index contributed by atoms with van der Waals surface area (Å²) in [6.45, 7) is 1.63. The molecular formula is C5H5NO2Y-2.